The van der Waals surface area contributed by atoms with E-state index in [0.717, 1.165) is 42.3 Å². The van der Waals surface area contributed by atoms with Crippen molar-refractivity contribution >= 4 is 15.9 Å². The van der Waals surface area contributed by atoms with Crippen LogP contribution in [-0.4, -0.2) is 33.0 Å². The van der Waals surface area contributed by atoms with Crippen molar-refractivity contribution in [3.63, 3.8) is 0 Å². The van der Waals surface area contributed by atoms with Gasteiger partial charge in [-0.15, -0.1) is 0 Å². The van der Waals surface area contributed by atoms with E-state index in [-0.39, 0.29) is 0 Å². The average Bonchev–Trinajstić information content (AvgIpc) is 2.48. The molecule has 0 amide bonds. The molecule has 20 heavy (non-hydrogen) atoms. The Balaban J connectivity index is 1.56. The molecule has 2 aliphatic rings. The number of hydrogen-bond donors (Lipinski definition) is 1. The fourth-order valence-electron chi connectivity index (χ4n) is 2.66. The van der Waals surface area contributed by atoms with Crippen molar-refractivity contribution in [3.05, 3.63) is 22.2 Å². The number of fused-ring (bicyclic) bond motifs is 1. The molecule has 0 aliphatic carbocycles. The van der Waals surface area contributed by atoms with E-state index in [0.29, 0.717) is 19.1 Å². The number of ether oxygens (including phenoxy) is 3. The van der Waals surface area contributed by atoms with Gasteiger partial charge in [-0.05, 0) is 52.4 Å². The largest absolute Gasteiger partial charge is 0.486 e. The minimum Gasteiger partial charge on any atom is -0.486 e. The smallest absolute Gasteiger partial charge is 0.175 e. The summed E-state index contributed by atoms with van der Waals surface area (Å²) in [7, 11) is 0. The number of halogens is 1. The first-order chi connectivity index (χ1) is 9.83. The molecule has 1 atom stereocenters. The fourth-order valence-corrected chi connectivity index (χ4v) is 3.26. The summed E-state index contributed by atoms with van der Waals surface area (Å²) in [6.07, 6.45) is 2.44. The Morgan fingerprint density at radius 1 is 1.20 bits per heavy atom. The Bertz CT molecular complexity index is 461. The van der Waals surface area contributed by atoms with Crippen molar-refractivity contribution < 1.29 is 14.2 Å². The molecule has 0 spiro atoms. The Morgan fingerprint density at radius 2 is 2.10 bits per heavy atom. The Labute approximate surface area is 127 Å². The summed E-state index contributed by atoms with van der Waals surface area (Å²) in [6.45, 7) is 4.89. The van der Waals surface area contributed by atoms with E-state index in [4.69, 9.17) is 14.2 Å². The molecule has 0 saturated carbocycles. The van der Waals surface area contributed by atoms with Gasteiger partial charge in [-0.3, -0.25) is 0 Å². The maximum atomic E-state index is 5.64. The Kier molecular flexibility index (Phi) is 4.81. The van der Waals surface area contributed by atoms with E-state index in [1.54, 1.807) is 0 Å². The van der Waals surface area contributed by atoms with Crippen molar-refractivity contribution in [2.24, 2.45) is 5.92 Å². The predicted molar refractivity (Wildman–Crippen MR) is 80.4 cm³/mol. The highest BCUT2D eigenvalue weighted by molar-refractivity contribution is 9.10. The molecule has 5 heteroatoms. The lowest BCUT2D eigenvalue weighted by molar-refractivity contribution is 0.0547. The first kappa shape index (κ1) is 14.2. The van der Waals surface area contributed by atoms with Gasteiger partial charge in [0.15, 0.2) is 11.5 Å². The predicted octanol–water partition coefficient (Wildman–Crippen LogP) is 2.74. The van der Waals surface area contributed by atoms with Gasteiger partial charge in [-0.25, -0.2) is 0 Å². The van der Waals surface area contributed by atoms with Gasteiger partial charge in [0.25, 0.3) is 0 Å². The van der Waals surface area contributed by atoms with Gasteiger partial charge in [0, 0.05) is 19.7 Å². The van der Waals surface area contributed by atoms with Gasteiger partial charge >= 0.3 is 0 Å². The number of benzene rings is 1. The summed E-state index contributed by atoms with van der Waals surface area (Å²) >= 11 is 3.55. The van der Waals surface area contributed by atoms with Crippen LogP contribution in [0.25, 0.3) is 0 Å². The first-order valence-electron chi connectivity index (χ1n) is 7.19. The Hall–Kier alpha value is -0.780. The van der Waals surface area contributed by atoms with Crippen LogP contribution in [0.2, 0.25) is 0 Å². The number of rotatable bonds is 4. The molecule has 4 nitrogen and oxygen atoms in total. The normalized spacial score (nSPS) is 21.8. The average molecular weight is 342 g/mol. The van der Waals surface area contributed by atoms with E-state index in [1.165, 1.54) is 18.4 Å². The van der Waals surface area contributed by atoms with Crippen LogP contribution in [0, 0.1) is 5.92 Å². The van der Waals surface area contributed by atoms with Crippen molar-refractivity contribution in [2.45, 2.75) is 19.4 Å². The summed E-state index contributed by atoms with van der Waals surface area (Å²) in [5.41, 5.74) is 1.21. The molecule has 2 heterocycles. The van der Waals surface area contributed by atoms with E-state index in [2.05, 4.69) is 33.4 Å². The highest BCUT2D eigenvalue weighted by atomic mass is 79.9. The highest BCUT2D eigenvalue weighted by Crippen LogP contribution is 2.38. The zero-order valence-corrected chi connectivity index (χ0v) is 13.1. The molecule has 0 aromatic heterocycles. The van der Waals surface area contributed by atoms with Crippen LogP contribution >= 0.6 is 15.9 Å². The van der Waals surface area contributed by atoms with E-state index in [1.807, 2.05) is 0 Å². The van der Waals surface area contributed by atoms with Crippen molar-refractivity contribution in [3.8, 4) is 11.5 Å². The third-order valence-electron chi connectivity index (χ3n) is 3.67. The molecular formula is C15H20BrNO3. The molecule has 1 fully saturated rings. The third kappa shape index (κ3) is 3.45. The number of nitrogens with one attached hydrogen (secondary N) is 1. The summed E-state index contributed by atoms with van der Waals surface area (Å²) in [5.74, 6) is 2.30. The van der Waals surface area contributed by atoms with Crippen LogP contribution in [0.3, 0.4) is 0 Å². The van der Waals surface area contributed by atoms with Crippen LogP contribution in [0.15, 0.2) is 16.6 Å². The monoisotopic (exact) mass is 341 g/mol. The quantitative estimate of drug-likeness (QED) is 0.913. The second-order valence-electron chi connectivity index (χ2n) is 5.32. The van der Waals surface area contributed by atoms with Gasteiger partial charge < -0.3 is 19.5 Å². The molecule has 1 saturated heterocycles. The zero-order valence-electron chi connectivity index (χ0n) is 11.5. The second kappa shape index (κ2) is 6.78. The summed E-state index contributed by atoms with van der Waals surface area (Å²) in [4.78, 5) is 0. The van der Waals surface area contributed by atoms with Crippen LogP contribution in [0.5, 0.6) is 11.5 Å². The topological polar surface area (TPSA) is 39.7 Å². The van der Waals surface area contributed by atoms with Gasteiger partial charge in [-0.1, -0.05) is 0 Å². The molecule has 1 unspecified atom stereocenters. The fraction of sp³-hybridized carbons (Fsp3) is 0.600. The summed E-state index contributed by atoms with van der Waals surface area (Å²) in [5, 5.41) is 3.51. The van der Waals surface area contributed by atoms with Crippen LogP contribution in [0.4, 0.5) is 0 Å². The van der Waals surface area contributed by atoms with Gasteiger partial charge in [-0.2, -0.15) is 0 Å². The summed E-state index contributed by atoms with van der Waals surface area (Å²) < 4.78 is 17.7. The molecule has 3 rings (SSSR count). The molecule has 2 aliphatic heterocycles. The molecule has 1 N–H and O–H groups in total. The molecule has 0 bridgehead atoms. The van der Waals surface area contributed by atoms with Crippen molar-refractivity contribution in [1.29, 1.82) is 0 Å². The lowest BCUT2D eigenvalue weighted by atomic mass is 10.0. The number of hydrogen-bond acceptors (Lipinski definition) is 4. The molecule has 0 radical (unpaired) electrons. The maximum absolute atomic E-state index is 5.64. The van der Waals surface area contributed by atoms with Crippen molar-refractivity contribution in [1.82, 2.24) is 5.32 Å². The summed E-state index contributed by atoms with van der Waals surface area (Å²) in [6, 6.07) is 4.15. The van der Waals surface area contributed by atoms with Crippen molar-refractivity contribution in [2.75, 3.05) is 33.0 Å². The van der Waals surface area contributed by atoms with Gasteiger partial charge in [0.1, 0.15) is 13.2 Å². The second-order valence-corrected chi connectivity index (χ2v) is 6.17. The van der Waals surface area contributed by atoms with Gasteiger partial charge in [0.05, 0.1) is 11.1 Å². The van der Waals surface area contributed by atoms with E-state index < -0.39 is 0 Å². The molecule has 1 aromatic rings. The maximum Gasteiger partial charge on any atom is 0.175 e. The minimum absolute atomic E-state index is 0.616. The van der Waals surface area contributed by atoms with E-state index in [9.17, 15) is 0 Å². The van der Waals surface area contributed by atoms with Crippen LogP contribution in [0.1, 0.15) is 18.4 Å². The van der Waals surface area contributed by atoms with Crippen LogP contribution < -0.4 is 14.8 Å². The molecule has 1 aromatic carbocycles. The highest BCUT2D eigenvalue weighted by Gasteiger charge is 2.17. The lowest BCUT2D eigenvalue weighted by Crippen LogP contribution is -2.28. The van der Waals surface area contributed by atoms with Crippen LogP contribution in [-0.2, 0) is 11.3 Å². The third-order valence-corrected chi connectivity index (χ3v) is 4.26. The zero-order chi connectivity index (χ0) is 13.8. The lowest BCUT2D eigenvalue weighted by Gasteiger charge is -2.23. The molecular weight excluding hydrogens is 322 g/mol. The van der Waals surface area contributed by atoms with Gasteiger partial charge in [0.2, 0.25) is 0 Å². The minimum atomic E-state index is 0.616. The molecule has 110 valence electrons. The SMILES string of the molecule is Brc1cc(CNCC2CCCOC2)cc2c1OCCO2. The standard InChI is InChI=1S/C15H20BrNO3/c16-13-6-12(7-14-15(13)20-5-4-19-14)9-17-8-11-2-1-3-18-10-11/h6-7,11,17H,1-5,8-10H2. The Morgan fingerprint density at radius 3 is 2.95 bits per heavy atom. The van der Waals surface area contributed by atoms with E-state index >= 15 is 0 Å². The first-order valence-corrected chi connectivity index (χ1v) is 7.99.